The second kappa shape index (κ2) is 4.51. The lowest BCUT2D eigenvalue weighted by atomic mass is 9.82. The molecule has 1 aromatic rings. The number of halogens is 4. The van der Waals surface area contributed by atoms with Crippen molar-refractivity contribution in [3.8, 4) is 0 Å². The summed E-state index contributed by atoms with van der Waals surface area (Å²) in [7, 11) is 0. The van der Waals surface area contributed by atoms with Crippen molar-refractivity contribution in [2.24, 2.45) is 5.73 Å². The van der Waals surface area contributed by atoms with E-state index in [1.165, 1.54) is 0 Å². The third-order valence-electron chi connectivity index (χ3n) is 3.33. The van der Waals surface area contributed by atoms with E-state index in [9.17, 15) is 17.6 Å². The average Bonchev–Trinajstić information content (AvgIpc) is 2.28. The zero-order valence-corrected chi connectivity index (χ0v) is 9.65. The summed E-state index contributed by atoms with van der Waals surface area (Å²) in [6, 6.07) is 2.56. The normalized spacial score (nSPS) is 19.8. The van der Waals surface area contributed by atoms with Gasteiger partial charge in [0.1, 0.15) is 5.82 Å². The molecular formula is C12H14F4N2. The standard InChI is InChI=1S/C12H14F4N2/c13-10-7-8(12(14,15)16)1-2-9(10)11(17)3-5-18-6-4-11/h1-2,7,18H,3-6,17H2. The number of nitrogens with two attached hydrogens (primary N) is 1. The fraction of sp³-hybridized carbons (Fsp3) is 0.500. The van der Waals surface area contributed by atoms with Gasteiger partial charge in [-0.15, -0.1) is 0 Å². The minimum Gasteiger partial charge on any atom is -0.321 e. The van der Waals surface area contributed by atoms with Crippen LogP contribution in [0.4, 0.5) is 17.6 Å². The van der Waals surface area contributed by atoms with Gasteiger partial charge in [0, 0.05) is 11.1 Å². The lowest BCUT2D eigenvalue weighted by Gasteiger charge is -2.34. The number of nitrogens with one attached hydrogen (secondary N) is 1. The molecule has 0 amide bonds. The van der Waals surface area contributed by atoms with E-state index in [2.05, 4.69) is 5.32 Å². The van der Waals surface area contributed by atoms with Gasteiger partial charge in [-0.1, -0.05) is 6.07 Å². The molecule has 0 radical (unpaired) electrons. The Hall–Kier alpha value is -1.14. The summed E-state index contributed by atoms with van der Waals surface area (Å²) in [4.78, 5) is 0. The molecule has 2 rings (SSSR count). The van der Waals surface area contributed by atoms with Gasteiger partial charge in [0.2, 0.25) is 0 Å². The predicted octanol–water partition coefficient (Wildman–Crippen LogP) is 2.38. The van der Waals surface area contributed by atoms with Gasteiger partial charge in [-0.25, -0.2) is 4.39 Å². The maximum absolute atomic E-state index is 13.8. The zero-order chi connectivity index (χ0) is 13.4. The zero-order valence-electron chi connectivity index (χ0n) is 9.65. The second-order valence-corrected chi connectivity index (χ2v) is 4.60. The molecule has 1 fully saturated rings. The van der Waals surface area contributed by atoms with Crippen molar-refractivity contribution in [1.82, 2.24) is 5.32 Å². The molecule has 1 saturated heterocycles. The Labute approximate surface area is 102 Å². The third-order valence-corrected chi connectivity index (χ3v) is 3.33. The van der Waals surface area contributed by atoms with Gasteiger partial charge < -0.3 is 11.1 Å². The maximum atomic E-state index is 13.8. The Morgan fingerprint density at radius 2 is 1.78 bits per heavy atom. The molecule has 0 spiro atoms. The Morgan fingerprint density at radius 1 is 1.17 bits per heavy atom. The molecule has 1 aliphatic rings. The minimum atomic E-state index is -4.53. The molecule has 1 aromatic carbocycles. The molecule has 0 unspecified atom stereocenters. The van der Waals surface area contributed by atoms with E-state index in [1.807, 2.05) is 0 Å². The van der Waals surface area contributed by atoms with Crippen LogP contribution in [0.3, 0.4) is 0 Å². The van der Waals surface area contributed by atoms with Crippen LogP contribution in [-0.2, 0) is 11.7 Å². The van der Waals surface area contributed by atoms with Gasteiger partial charge in [-0.05, 0) is 38.1 Å². The van der Waals surface area contributed by atoms with Gasteiger partial charge in [-0.2, -0.15) is 13.2 Å². The number of alkyl halides is 3. The molecule has 18 heavy (non-hydrogen) atoms. The summed E-state index contributed by atoms with van der Waals surface area (Å²) in [6.45, 7) is 1.27. The Bertz CT molecular complexity index is 436. The molecule has 0 saturated carbocycles. The van der Waals surface area contributed by atoms with E-state index >= 15 is 0 Å². The minimum absolute atomic E-state index is 0.164. The van der Waals surface area contributed by atoms with Crippen molar-refractivity contribution in [2.45, 2.75) is 24.6 Å². The molecule has 1 aliphatic heterocycles. The lowest BCUT2D eigenvalue weighted by molar-refractivity contribution is -0.137. The van der Waals surface area contributed by atoms with E-state index in [-0.39, 0.29) is 5.56 Å². The lowest BCUT2D eigenvalue weighted by Crippen LogP contribution is -2.47. The van der Waals surface area contributed by atoms with Crippen molar-refractivity contribution < 1.29 is 17.6 Å². The van der Waals surface area contributed by atoms with Crippen LogP contribution >= 0.6 is 0 Å². The Kier molecular flexibility index (Phi) is 3.33. The Balaban J connectivity index is 2.35. The van der Waals surface area contributed by atoms with E-state index in [0.717, 1.165) is 12.1 Å². The molecule has 3 N–H and O–H groups in total. The second-order valence-electron chi connectivity index (χ2n) is 4.60. The van der Waals surface area contributed by atoms with Crippen molar-refractivity contribution in [2.75, 3.05) is 13.1 Å². The van der Waals surface area contributed by atoms with E-state index in [0.29, 0.717) is 32.0 Å². The van der Waals surface area contributed by atoms with Crippen LogP contribution in [0.5, 0.6) is 0 Å². The van der Waals surface area contributed by atoms with Gasteiger partial charge >= 0.3 is 6.18 Å². The van der Waals surface area contributed by atoms with Crippen LogP contribution in [0, 0.1) is 5.82 Å². The fourth-order valence-electron chi connectivity index (χ4n) is 2.24. The molecule has 0 aromatic heterocycles. The Morgan fingerprint density at radius 3 is 2.28 bits per heavy atom. The average molecular weight is 262 g/mol. The summed E-state index contributed by atoms with van der Waals surface area (Å²) in [5, 5.41) is 3.08. The van der Waals surface area contributed by atoms with Crippen molar-refractivity contribution in [1.29, 1.82) is 0 Å². The highest BCUT2D eigenvalue weighted by atomic mass is 19.4. The predicted molar refractivity (Wildman–Crippen MR) is 59.4 cm³/mol. The maximum Gasteiger partial charge on any atom is 0.416 e. The highest BCUT2D eigenvalue weighted by molar-refractivity contribution is 5.32. The first-order chi connectivity index (χ1) is 8.33. The smallest absolute Gasteiger partial charge is 0.321 e. The highest BCUT2D eigenvalue weighted by Crippen LogP contribution is 2.34. The quantitative estimate of drug-likeness (QED) is 0.763. The summed E-state index contributed by atoms with van der Waals surface area (Å²) in [5.74, 6) is -0.880. The van der Waals surface area contributed by atoms with Crippen LogP contribution in [0.1, 0.15) is 24.0 Å². The summed E-state index contributed by atoms with van der Waals surface area (Å²) < 4.78 is 51.1. The van der Waals surface area contributed by atoms with Crippen molar-refractivity contribution in [3.05, 3.63) is 35.1 Å². The van der Waals surface area contributed by atoms with Crippen LogP contribution in [0.25, 0.3) is 0 Å². The van der Waals surface area contributed by atoms with Crippen molar-refractivity contribution in [3.63, 3.8) is 0 Å². The highest BCUT2D eigenvalue weighted by Gasteiger charge is 2.35. The molecule has 1 heterocycles. The van der Waals surface area contributed by atoms with Crippen LogP contribution in [0.2, 0.25) is 0 Å². The first-order valence-electron chi connectivity index (χ1n) is 5.70. The number of benzene rings is 1. The van der Waals surface area contributed by atoms with Crippen LogP contribution in [-0.4, -0.2) is 13.1 Å². The fourth-order valence-corrected chi connectivity index (χ4v) is 2.24. The molecule has 0 aliphatic carbocycles. The van der Waals surface area contributed by atoms with Gasteiger partial charge in [0.15, 0.2) is 0 Å². The summed E-state index contributed by atoms with van der Waals surface area (Å²) >= 11 is 0. The van der Waals surface area contributed by atoms with E-state index < -0.39 is 23.1 Å². The largest absolute Gasteiger partial charge is 0.416 e. The molecule has 6 heteroatoms. The molecular weight excluding hydrogens is 248 g/mol. The number of hydrogen-bond acceptors (Lipinski definition) is 2. The monoisotopic (exact) mass is 262 g/mol. The first kappa shape index (κ1) is 13.3. The SMILES string of the molecule is NC1(c2ccc(C(F)(F)F)cc2F)CCNCC1. The topological polar surface area (TPSA) is 38.0 Å². The summed E-state index contributed by atoms with van der Waals surface area (Å²) in [6.07, 6.45) is -3.51. The molecule has 100 valence electrons. The van der Waals surface area contributed by atoms with Crippen LogP contribution < -0.4 is 11.1 Å². The van der Waals surface area contributed by atoms with Gasteiger partial charge in [-0.3, -0.25) is 0 Å². The van der Waals surface area contributed by atoms with Crippen LogP contribution in [0.15, 0.2) is 18.2 Å². The number of hydrogen-bond donors (Lipinski definition) is 2. The van der Waals surface area contributed by atoms with E-state index in [1.54, 1.807) is 0 Å². The summed E-state index contributed by atoms with van der Waals surface area (Å²) in [5.41, 5.74) is 4.38. The van der Waals surface area contributed by atoms with Gasteiger partial charge in [0.05, 0.1) is 5.56 Å². The number of rotatable bonds is 1. The first-order valence-corrected chi connectivity index (χ1v) is 5.70. The molecule has 2 nitrogen and oxygen atoms in total. The van der Waals surface area contributed by atoms with E-state index in [4.69, 9.17) is 5.73 Å². The molecule has 0 bridgehead atoms. The third kappa shape index (κ3) is 2.49. The number of piperidine rings is 1. The van der Waals surface area contributed by atoms with Gasteiger partial charge in [0.25, 0.3) is 0 Å². The molecule has 0 atom stereocenters. The van der Waals surface area contributed by atoms with Crippen molar-refractivity contribution >= 4 is 0 Å².